The molecular weight excluding hydrogens is 1200 g/mol. The molecule has 0 aliphatic rings. The molecule has 0 bridgehead atoms. The third-order valence-electron chi connectivity index (χ3n) is 9.16. The average molecular weight is 1320 g/mol. The van der Waals surface area contributed by atoms with Crippen LogP contribution in [-0.4, -0.2) is 155 Å². The molecule has 12 nitrogen and oxygen atoms in total. The molecule has 0 aliphatic heterocycles. The van der Waals surface area contributed by atoms with Crippen LogP contribution in [0.3, 0.4) is 0 Å². The van der Waals surface area contributed by atoms with Crippen molar-refractivity contribution in [2.75, 3.05) is 0 Å². The van der Waals surface area contributed by atoms with E-state index in [1.807, 2.05) is 0 Å². The van der Waals surface area contributed by atoms with E-state index in [4.69, 9.17) is 41.2 Å². The maximum atomic E-state index is 4.80. The van der Waals surface area contributed by atoms with Crippen LogP contribution in [0.25, 0.3) is 21.3 Å². The zero-order valence-electron chi connectivity index (χ0n) is 57.1. The van der Waals surface area contributed by atoms with Crippen LogP contribution in [-0.2, 0) is 65.4 Å². The number of hydrogen-bond acceptors (Lipinski definition) is 4. The van der Waals surface area contributed by atoms with Gasteiger partial charge in [-0.25, -0.2) is 0 Å². The molecule has 0 aliphatic carbocycles. The summed E-state index contributed by atoms with van der Waals surface area (Å²) in [5.41, 5.74) is 0. The summed E-state index contributed by atoms with van der Waals surface area (Å²) in [6.45, 7) is 91.3. The Kier molecular flexibility index (Phi) is 41.7. The Morgan fingerprint density at radius 1 is 0.230 bits per heavy atom. The van der Waals surface area contributed by atoms with E-state index in [9.17, 15) is 0 Å². The van der Waals surface area contributed by atoms with Crippen LogP contribution in [0.2, 0.25) is 157 Å². The molecule has 0 rings (SSSR count). The van der Waals surface area contributed by atoms with Gasteiger partial charge in [-0.15, -0.1) is 0 Å². The van der Waals surface area contributed by atoms with Crippen molar-refractivity contribution >= 4 is 89.7 Å². The molecule has 0 saturated heterocycles. The van der Waals surface area contributed by atoms with E-state index >= 15 is 0 Å². The molecule has 0 aromatic carbocycles. The molecule has 0 atom stereocenters. The predicted molar refractivity (Wildman–Crippen MR) is 358 cm³/mol. The number of rotatable bonds is 16. The summed E-state index contributed by atoms with van der Waals surface area (Å²) >= 11 is 0. The van der Waals surface area contributed by atoms with Crippen molar-refractivity contribution < 1.29 is 65.4 Å². The van der Waals surface area contributed by atoms with Crippen molar-refractivity contribution in [3.8, 4) is 0 Å². The molecule has 0 unspecified atom stereocenters. The second-order valence-electron chi connectivity index (χ2n) is 29.7. The smallest absolute Gasteiger partial charge is 0.0756 e. The summed E-state index contributed by atoms with van der Waals surface area (Å²) in [6, 6.07) is 2.43. The monoisotopic (exact) mass is 1320 g/mol. The van der Waals surface area contributed by atoms with Crippen molar-refractivity contribution in [1.82, 2.24) is 16.9 Å². The van der Waals surface area contributed by atoms with Crippen LogP contribution in [0, 0.1) is 0 Å². The van der Waals surface area contributed by atoms with Crippen LogP contribution in [0.5, 0.6) is 0 Å². The van der Waals surface area contributed by atoms with E-state index in [2.05, 4.69) is 285 Å². The van der Waals surface area contributed by atoms with Crippen LogP contribution < -0.4 is 0 Å². The van der Waals surface area contributed by atoms with Crippen molar-refractivity contribution in [3.63, 3.8) is 0 Å². The SMILES string of the molecule is CC(C)N=C([N-]C(C)C)N([Si](C)(C)C)[Si](C)(C)C.CC(C)N=C([N-]C(C)C)N([Si](C)(C)C)[Si](C)(C)C.CC(C)N=C([N-]C(C)C)N([Si](C)(C)C)[Si](C)(C)C.CC(C)N=C([N-]C(C)C)N([Si](C)(C)C)[Si](C)(C)C.[Y].[Y]. The predicted octanol–water partition coefficient (Wildman–Crippen LogP) is 18.0. The molecule has 0 fully saturated rings. The van der Waals surface area contributed by atoms with Gasteiger partial charge >= 0.3 is 0 Å². The van der Waals surface area contributed by atoms with Crippen molar-refractivity contribution in [2.24, 2.45) is 20.0 Å². The molecule has 0 aromatic rings. The van der Waals surface area contributed by atoms with Crippen molar-refractivity contribution in [3.05, 3.63) is 21.3 Å². The molecule has 438 valence electrons. The summed E-state index contributed by atoms with van der Waals surface area (Å²) in [7, 11) is -11.6. The van der Waals surface area contributed by atoms with Gasteiger partial charge in [-0.2, -0.15) is 0 Å². The number of nitrogens with zero attached hydrogens (tertiary/aromatic N) is 12. The first-order chi connectivity index (χ1) is 31.4. The zero-order valence-corrected chi connectivity index (χ0v) is 70.8. The average Bonchev–Trinajstić information content (AvgIpc) is 2.97. The molecule has 0 N–H and O–H groups in total. The van der Waals surface area contributed by atoms with Gasteiger partial charge in [0, 0.05) is 89.3 Å². The molecule has 0 saturated carbocycles. The van der Waals surface area contributed by atoms with Gasteiger partial charge in [-0.3, -0.25) is 0 Å². The van der Waals surface area contributed by atoms with Gasteiger partial charge in [0.05, 0.1) is 65.9 Å². The van der Waals surface area contributed by atoms with Crippen LogP contribution in [0.15, 0.2) is 20.0 Å². The Morgan fingerprint density at radius 2 is 0.324 bits per heavy atom. The van der Waals surface area contributed by atoms with Crippen LogP contribution >= 0.6 is 0 Å². The Morgan fingerprint density at radius 3 is 0.378 bits per heavy atom. The van der Waals surface area contributed by atoms with E-state index in [1.54, 1.807) is 0 Å². The first kappa shape index (κ1) is 86.3. The molecule has 0 amide bonds. The Hall–Kier alpha value is 1.02. The van der Waals surface area contributed by atoms with Gasteiger partial charge in [0.2, 0.25) is 0 Å². The van der Waals surface area contributed by atoms with Gasteiger partial charge in [0.1, 0.15) is 0 Å². The summed E-state index contributed by atoms with van der Waals surface area (Å²) in [4.78, 5) is 19.2. The van der Waals surface area contributed by atoms with Crippen molar-refractivity contribution in [1.29, 1.82) is 0 Å². The van der Waals surface area contributed by atoms with Crippen molar-refractivity contribution in [2.45, 2.75) is 316 Å². The minimum absolute atomic E-state index is 0. The first-order valence-electron chi connectivity index (χ1n) is 27.8. The normalized spacial score (nSPS) is 13.9. The van der Waals surface area contributed by atoms with E-state index in [0.717, 1.165) is 23.8 Å². The third kappa shape index (κ3) is 40.2. The Labute approximate surface area is 524 Å². The Balaban J connectivity index is -0.000000206. The largest absolute Gasteiger partial charge is 0.450 e. The summed E-state index contributed by atoms with van der Waals surface area (Å²) in [6.07, 6.45) is 0. The molecule has 0 aromatic heterocycles. The topological polar surface area (TPSA) is 119 Å². The van der Waals surface area contributed by atoms with E-state index in [1.165, 1.54) is 0 Å². The van der Waals surface area contributed by atoms with Gasteiger partial charge in [-0.1, -0.05) is 268 Å². The second-order valence-corrected chi connectivity index (χ2v) is 69.8. The molecule has 22 heteroatoms. The number of aliphatic imine (C=N–C) groups is 4. The number of guanidine groups is 4. The van der Waals surface area contributed by atoms with Gasteiger partial charge in [-0.05, 0) is 48.3 Å². The van der Waals surface area contributed by atoms with E-state index in [-0.39, 0.29) is 65.4 Å². The van der Waals surface area contributed by atoms with Gasteiger partial charge in [0.15, 0.2) is 0 Å². The van der Waals surface area contributed by atoms with E-state index < -0.39 is 65.9 Å². The molecule has 0 heterocycles. The summed E-state index contributed by atoms with van der Waals surface area (Å²) < 4.78 is 10.4. The quantitative estimate of drug-likeness (QED) is 0.0868. The zero-order chi connectivity index (χ0) is 58.9. The number of hydrogen-bond donors (Lipinski definition) is 0. The van der Waals surface area contributed by atoms with Gasteiger partial charge in [0.25, 0.3) is 0 Å². The fraction of sp³-hybridized carbons (Fsp3) is 0.923. The molecular formula is C52H128N12Si8Y2-4. The van der Waals surface area contributed by atoms with Crippen LogP contribution in [0.1, 0.15) is 111 Å². The summed E-state index contributed by atoms with van der Waals surface area (Å²) in [5.74, 6) is 3.99. The molecule has 2 radical (unpaired) electrons. The fourth-order valence-electron chi connectivity index (χ4n) is 8.87. The standard InChI is InChI=1S/4C13H32N3Si2.2Y/c4*1-11(2)14-13(15-12(3)4)16(17(5,6)7)18(8,9)10;;/h4*11-12H,1-10H3;;/q4*-1;;. The fourth-order valence-corrected chi connectivity index (χ4v) is 46.8. The first-order valence-corrected chi connectivity index (χ1v) is 55.4. The summed E-state index contributed by atoms with van der Waals surface area (Å²) in [5, 5.41) is 19.2. The maximum Gasteiger partial charge on any atom is 0.0756 e. The molecule has 74 heavy (non-hydrogen) atoms. The minimum Gasteiger partial charge on any atom is -0.450 e. The van der Waals surface area contributed by atoms with Gasteiger partial charge < -0.3 is 58.2 Å². The van der Waals surface area contributed by atoms with E-state index in [0.29, 0.717) is 48.3 Å². The Bertz CT molecular complexity index is 1340. The van der Waals surface area contributed by atoms with Crippen LogP contribution in [0.4, 0.5) is 0 Å². The second kappa shape index (κ2) is 35.8. The third-order valence-corrected chi connectivity index (χ3v) is 37.6. The maximum absolute atomic E-state index is 4.80. The minimum atomic E-state index is -1.45. The molecule has 0 spiro atoms.